The fraction of sp³-hybridized carbons (Fsp3) is 0.593. The Morgan fingerprint density at radius 3 is 2.59 bits per heavy atom. The molecule has 3 aliphatic heterocycles. The van der Waals surface area contributed by atoms with Crippen LogP contribution in [-0.4, -0.2) is 109 Å². The van der Waals surface area contributed by atoms with E-state index in [2.05, 4.69) is 15.0 Å². The standard InChI is InChI=1S/C27H39N5O8S2.2ClH/c1-19-16-31(3)25-12-24(15-30-26(25)40-19)42(36,37)32-9-7-27(8-10-32)13-20(17-39-27)29-14-21(33)18-38-22-5-4-6-23(11-22)41(34,35)28-2;;/h4-6,11-12,15,19-21,28-29,33H,7-10,13-14,16-18H2,1-3H3;2*1H/t19-,20-,21?;;/m1../s1. The van der Waals surface area contributed by atoms with E-state index >= 15 is 0 Å². The molecule has 4 heterocycles. The van der Waals surface area contributed by atoms with E-state index in [9.17, 15) is 21.9 Å². The predicted octanol–water partition coefficient (Wildman–Crippen LogP) is 1.39. The van der Waals surface area contributed by atoms with Gasteiger partial charge in [-0.15, -0.1) is 24.8 Å². The van der Waals surface area contributed by atoms with Crippen LogP contribution in [0.2, 0.25) is 0 Å². The van der Waals surface area contributed by atoms with Crippen molar-refractivity contribution in [1.82, 2.24) is 19.3 Å². The molecule has 0 bridgehead atoms. The average Bonchev–Trinajstić information content (AvgIpc) is 3.37. The number of fused-ring (bicyclic) bond motifs is 1. The number of rotatable bonds is 10. The Hall–Kier alpha value is -1.95. The van der Waals surface area contributed by atoms with Gasteiger partial charge in [0.25, 0.3) is 0 Å². The fourth-order valence-electron chi connectivity index (χ4n) is 5.65. The number of benzene rings is 1. The molecular formula is C27H41Cl2N5O8S2. The fourth-order valence-corrected chi connectivity index (χ4v) is 7.82. The SMILES string of the molecule is CNS(=O)(=O)c1cccc(OCC(O)CN[C@H]2COC3(CCN(S(=O)(=O)c4cnc5c(c4)N(C)C[C@@H](C)O5)CC3)C2)c1.Cl.Cl. The number of halogens is 2. The minimum absolute atomic E-state index is 0. The molecule has 0 aliphatic carbocycles. The number of hydrogen-bond donors (Lipinski definition) is 3. The van der Waals surface area contributed by atoms with E-state index in [0.29, 0.717) is 62.8 Å². The molecule has 44 heavy (non-hydrogen) atoms. The van der Waals surface area contributed by atoms with Gasteiger partial charge in [-0.3, -0.25) is 0 Å². The van der Waals surface area contributed by atoms with Crippen LogP contribution in [0.5, 0.6) is 11.6 Å². The molecule has 3 atom stereocenters. The molecule has 0 amide bonds. The summed E-state index contributed by atoms with van der Waals surface area (Å²) in [5, 5.41) is 13.8. The molecule has 0 saturated carbocycles. The molecule has 3 aliphatic rings. The van der Waals surface area contributed by atoms with Crippen molar-refractivity contribution in [2.45, 2.75) is 59.8 Å². The molecule has 1 unspecified atom stereocenters. The number of sulfonamides is 2. The number of likely N-dealkylation sites (N-methyl/N-ethyl adjacent to an activating group) is 1. The number of aliphatic hydroxyl groups is 1. The van der Waals surface area contributed by atoms with Gasteiger partial charge in [0.05, 0.1) is 29.8 Å². The number of anilines is 1. The zero-order valence-corrected chi connectivity index (χ0v) is 28.1. The maximum Gasteiger partial charge on any atom is 0.244 e. The zero-order chi connectivity index (χ0) is 30.1. The van der Waals surface area contributed by atoms with Crippen molar-refractivity contribution < 1.29 is 36.2 Å². The monoisotopic (exact) mass is 697 g/mol. The lowest BCUT2D eigenvalue weighted by molar-refractivity contribution is -0.0312. The number of nitrogens with zero attached hydrogens (tertiary/aromatic N) is 3. The van der Waals surface area contributed by atoms with Crippen molar-refractivity contribution in [2.75, 3.05) is 58.4 Å². The van der Waals surface area contributed by atoms with E-state index in [-0.39, 0.29) is 59.9 Å². The highest BCUT2D eigenvalue weighted by Gasteiger charge is 2.45. The first-order valence-electron chi connectivity index (χ1n) is 14.0. The number of aromatic nitrogens is 1. The van der Waals surface area contributed by atoms with Gasteiger partial charge >= 0.3 is 0 Å². The maximum absolute atomic E-state index is 13.4. The first-order chi connectivity index (χ1) is 19.9. The normalized spacial score (nSPS) is 22.3. The molecule has 13 nitrogen and oxygen atoms in total. The van der Waals surface area contributed by atoms with Gasteiger partial charge in [-0.2, -0.15) is 4.31 Å². The highest BCUT2D eigenvalue weighted by atomic mass is 35.5. The second-order valence-corrected chi connectivity index (χ2v) is 15.0. The first-order valence-corrected chi connectivity index (χ1v) is 16.9. The van der Waals surface area contributed by atoms with E-state index in [1.54, 1.807) is 18.2 Å². The highest BCUT2D eigenvalue weighted by molar-refractivity contribution is 7.89. The zero-order valence-electron chi connectivity index (χ0n) is 24.8. The Balaban J connectivity index is 0.00000264. The van der Waals surface area contributed by atoms with Crippen LogP contribution in [0, 0.1) is 0 Å². The molecule has 0 radical (unpaired) electrons. The summed E-state index contributed by atoms with van der Waals surface area (Å²) in [7, 11) is -4.08. The molecule has 5 rings (SSSR count). The summed E-state index contributed by atoms with van der Waals surface area (Å²) in [6.45, 7) is 3.99. The van der Waals surface area contributed by atoms with Crippen LogP contribution in [0.3, 0.4) is 0 Å². The first kappa shape index (κ1) is 36.5. The maximum atomic E-state index is 13.4. The molecular weight excluding hydrogens is 657 g/mol. The lowest BCUT2D eigenvalue weighted by Crippen LogP contribution is -2.47. The largest absolute Gasteiger partial charge is 0.491 e. The van der Waals surface area contributed by atoms with Gasteiger partial charge in [0.15, 0.2) is 0 Å². The summed E-state index contributed by atoms with van der Waals surface area (Å²) in [5.74, 6) is 0.785. The minimum atomic E-state index is -3.72. The molecule has 17 heteroatoms. The van der Waals surface area contributed by atoms with Crippen molar-refractivity contribution >= 4 is 50.5 Å². The number of piperidine rings is 1. The quantitative estimate of drug-likeness (QED) is 0.329. The van der Waals surface area contributed by atoms with Gasteiger partial charge in [-0.05, 0) is 51.4 Å². The second-order valence-electron chi connectivity index (χ2n) is 11.2. The highest BCUT2D eigenvalue weighted by Crippen LogP contribution is 2.38. The Morgan fingerprint density at radius 2 is 1.89 bits per heavy atom. The number of pyridine rings is 1. The molecule has 1 spiro atoms. The molecule has 2 fully saturated rings. The second kappa shape index (κ2) is 14.6. The van der Waals surface area contributed by atoms with Crippen LogP contribution >= 0.6 is 24.8 Å². The smallest absolute Gasteiger partial charge is 0.244 e. The van der Waals surface area contributed by atoms with Crippen LogP contribution < -0.4 is 24.4 Å². The van der Waals surface area contributed by atoms with E-state index < -0.39 is 31.8 Å². The van der Waals surface area contributed by atoms with Gasteiger partial charge in [0.2, 0.25) is 25.9 Å². The van der Waals surface area contributed by atoms with Crippen LogP contribution in [0.15, 0.2) is 46.3 Å². The Morgan fingerprint density at radius 1 is 1.16 bits per heavy atom. The summed E-state index contributed by atoms with van der Waals surface area (Å²) in [6.07, 6.45) is 2.37. The summed E-state index contributed by atoms with van der Waals surface area (Å²) in [6, 6.07) is 7.72. The summed E-state index contributed by atoms with van der Waals surface area (Å²) >= 11 is 0. The third-order valence-electron chi connectivity index (χ3n) is 8.01. The van der Waals surface area contributed by atoms with E-state index in [4.69, 9.17) is 14.2 Å². The van der Waals surface area contributed by atoms with E-state index in [1.807, 2.05) is 18.9 Å². The average molecular weight is 699 g/mol. The van der Waals surface area contributed by atoms with E-state index in [1.165, 1.54) is 29.7 Å². The van der Waals surface area contributed by atoms with Crippen molar-refractivity contribution in [2.24, 2.45) is 0 Å². The minimum Gasteiger partial charge on any atom is -0.491 e. The summed E-state index contributed by atoms with van der Waals surface area (Å²) in [4.78, 5) is 6.48. The van der Waals surface area contributed by atoms with Crippen LogP contribution in [0.4, 0.5) is 5.69 Å². The van der Waals surface area contributed by atoms with Gasteiger partial charge in [-0.1, -0.05) is 6.07 Å². The van der Waals surface area contributed by atoms with Crippen molar-refractivity contribution in [3.8, 4) is 11.6 Å². The number of aliphatic hydroxyl groups excluding tert-OH is 1. The lowest BCUT2D eigenvalue weighted by atomic mass is 9.88. The van der Waals surface area contributed by atoms with Crippen LogP contribution in [0.25, 0.3) is 0 Å². The van der Waals surface area contributed by atoms with Crippen molar-refractivity contribution in [3.05, 3.63) is 36.5 Å². The Kier molecular flexibility index (Phi) is 12.2. The van der Waals surface area contributed by atoms with Gasteiger partial charge in [0.1, 0.15) is 35.1 Å². The molecule has 2 aromatic rings. The molecule has 3 N–H and O–H groups in total. The Labute approximate surface area is 271 Å². The summed E-state index contributed by atoms with van der Waals surface area (Å²) < 4.78 is 72.1. The van der Waals surface area contributed by atoms with E-state index in [0.717, 1.165) is 0 Å². The lowest BCUT2D eigenvalue weighted by Gasteiger charge is -2.38. The van der Waals surface area contributed by atoms with Crippen molar-refractivity contribution in [1.29, 1.82) is 0 Å². The van der Waals surface area contributed by atoms with Gasteiger partial charge < -0.3 is 29.5 Å². The molecule has 1 aromatic heterocycles. The van der Waals surface area contributed by atoms with Gasteiger partial charge in [-0.25, -0.2) is 26.5 Å². The molecule has 248 valence electrons. The van der Waals surface area contributed by atoms with Gasteiger partial charge in [0, 0.05) is 38.8 Å². The number of nitrogens with one attached hydrogen (secondary N) is 2. The molecule has 1 aromatic carbocycles. The summed E-state index contributed by atoms with van der Waals surface area (Å²) in [5.41, 5.74) is 0.251. The topological polar surface area (TPSA) is 160 Å². The van der Waals surface area contributed by atoms with Crippen LogP contribution in [-0.2, 0) is 24.8 Å². The number of hydrogen-bond acceptors (Lipinski definition) is 11. The number of ether oxygens (including phenoxy) is 3. The Bertz CT molecular complexity index is 1490. The van der Waals surface area contributed by atoms with Crippen molar-refractivity contribution in [3.63, 3.8) is 0 Å². The third kappa shape index (κ3) is 8.06. The molecule has 2 saturated heterocycles. The predicted molar refractivity (Wildman–Crippen MR) is 169 cm³/mol. The third-order valence-corrected chi connectivity index (χ3v) is 11.3. The van der Waals surface area contributed by atoms with Crippen LogP contribution in [0.1, 0.15) is 26.2 Å².